The molecule has 3 rings (SSSR count). The molecule has 1 N–H and O–H groups in total. The molecule has 1 saturated heterocycles. The first kappa shape index (κ1) is 11.9. The smallest absolute Gasteiger partial charge is 0.135 e. The van der Waals surface area contributed by atoms with Crippen molar-refractivity contribution in [3.63, 3.8) is 0 Å². The van der Waals surface area contributed by atoms with Crippen LogP contribution in [0.25, 0.3) is 0 Å². The minimum Gasteiger partial charge on any atom is -0.396 e. The molecule has 1 aromatic rings. The summed E-state index contributed by atoms with van der Waals surface area (Å²) in [5.74, 6) is 1.80. The van der Waals surface area contributed by atoms with E-state index in [1.165, 1.54) is 36.3 Å². The van der Waals surface area contributed by atoms with Crippen LogP contribution in [-0.2, 0) is 12.8 Å². The van der Waals surface area contributed by atoms with Crippen LogP contribution in [0.5, 0.6) is 0 Å². The number of hydrogen-bond acceptors (Lipinski definition) is 4. The summed E-state index contributed by atoms with van der Waals surface area (Å²) >= 11 is 0. The van der Waals surface area contributed by atoms with Gasteiger partial charge in [0, 0.05) is 31.0 Å². The van der Waals surface area contributed by atoms with Crippen molar-refractivity contribution in [1.29, 1.82) is 0 Å². The number of aliphatic hydroxyl groups is 1. The van der Waals surface area contributed by atoms with Gasteiger partial charge >= 0.3 is 0 Å². The summed E-state index contributed by atoms with van der Waals surface area (Å²) in [4.78, 5) is 11.3. The molecule has 1 atom stereocenters. The van der Waals surface area contributed by atoms with Gasteiger partial charge in [-0.3, -0.25) is 0 Å². The topological polar surface area (TPSA) is 49.2 Å². The lowest BCUT2D eigenvalue weighted by Gasteiger charge is -2.24. The summed E-state index contributed by atoms with van der Waals surface area (Å²) in [5.41, 5.74) is 2.64. The molecular weight excluding hydrogens is 226 g/mol. The van der Waals surface area contributed by atoms with Crippen molar-refractivity contribution in [2.24, 2.45) is 5.92 Å². The highest BCUT2D eigenvalue weighted by Gasteiger charge is 2.26. The summed E-state index contributed by atoms with van der Waals surface area (Å²) in [6, 6.07) is 0. The Labute approximate surface area is 108 Å². The zero-order valence-electron chi connectivity index (χ0n) is 10.8. The van der Waals surface area contributed by atoms with Gasteiger partial charge in [0.25, 0.3) is 0 Å². The van der Waals surface area contributed by atoms with E-state index >= 15 is 0 Å². The summed E-state index contributed by atoms with van der Waals surface area (Å²) in [6.45, 7) is 2.43. The third-order valence-electron chi connectivity index (χ3n) is 4.22. The Balaban J connectivity index is 1.80. The third-order valence-corrected chi connectivity index (χ3v) is 4.22. The highest BCUT2D eigenvalue weighted by molar-refractivity contribution is 5.50. The number of nitrogens with zero attached hydrogens (tertiary/aromatic N) is 3. The largest absolute Gasteiger partial charge is 0.396 e. The summed E-state index contributed by atoms with van der Waals surface area (Å²) in [7, 11) is 0. The fourth-order valence-corrected chi connectivity index (χ4v) is 3.22. The number of rotatable bonds is 3. The molecule has 0 spiro atoms. The maximum absolute atomic E-state index is 9.03. The van der Waals surface area contributed by atoms with Gasteiger partial charge in [0.2, 0.25) is 0 Å². The van der Waals surface area contributed by atoms with E-state index in [2.05, 4.69) is 14.9 Å². The average Bonchev–Trinajstić information content (AvgIpc) is 2.87. The van der Waals surface area contributed by atoms with Crippen LogP contribution in [0, 0.1) is 5.92 Å². The minimum atomic E-state index is 0.306. The molecule has 1 aromatic heterocycles. The molecule has 4 nitrogen and oxygen atoms in total. The van der Waals surface area contributed by atoms with Crippen molar-refractivity contribution in [2.45, 2.75) is 38.5 Å². The van der Waals surface area contributed by atoms with Crippen LogP contribution in [0.15, 0.2) is 6.33 Å². The molecule has 98 valence electrons. The number of anilines is 1. The predicted octanol–water partition coefficient (Wildman–Crippen LogP) is 1.56. The number of aryl methyl sites for hydroxylation is 1. The van der Waals surface area contributed by atoms with Gasteiger partial charge in [-0.25, -0.2) is 9.97 Å². The molecule has 4 heteroatoms. The lowest BCUT2D eigenvalue weighted by atomic mass is 9.96. The maximum atomic E-state index is 9.03. The second-order valence-electron chi connectivity index (χ2n) is 5.44. The lowest BCUT2D eigenvalue weighted by Crippen LogP contribution is -2.24. The summed E-state index contributed by atoms with van der Waals surface area (Å²) < 4.78 is 0. The van der Waals surface area contributed by atoms with Crippen LogP contribution in [0.2, 0.25) is 0 Å². The maximum Gasteiger partial charge on any atom is 0.135 e. The summed E-state index contributed by atoms with van der Waals surface area (Å²) in [5, 5.41) is 9.03. The van der Waals surface area contributed by atoms with Crippen molar-refractivity contribution < 1.29 is 5.11 Å². The summed E-state index contributed by atoms with van der Waals surface area (Å²) in [6.07, 6.45) is 8.59. The van der Waals surface area contributed by atoms with E-state index < -0.39 is 0 Å². The lowest BCUT2D eigenvalue weighted by molar-refractivity contribution is 0.263. The van der Waals surface area contributed by atoms with Crippen LogP contribution < -0.4 is 4.90 Å². The zero-order chi connectivity index (χ0) is 12.4. The monoisotopic (exact) mass is 247 g/mol. The molecule has 0 aromatic carbocycles. The van der Waals surface area contributed by atoms with Crippen molar-refractivity contribution in [3.8, 4) is 0 Å². The van der Waals surface area contributed by atoms with Gasteiger partial charge in [-0.1, -0.05) is 0 Å². The van der Waals surface area contributed by atoms with Gasteiger partial charge in [-0.15, -0.1) is 0 Å². The van der Waals surface area contributed by atoms with Crippen LogP contribution in [0.1, 0.15) is 36.9 Å². The number of aromatic nitrogens is 2. The van der Waals surface area contributed by atoms with E-state index in [-0.39, 0.29) is 0 Å². The van der Waals surface area contributed by atoms with Gasteiger partial charge in [0.1, 0.15) is 12.1 Å². The van der Waals surface area contributed by atoms with Crippen LogP contribution in [0.3, 0.4) is 0 Å². The Morgan fingerprint density at radius 1 is 1.28 bits per heavy atom. The van der Waals surface area contributed by atoms with E-state index in [0.29, 0.717) is 12.5 Å². The Bertz CT molecular complexity index is 422. The minimum absolute atomic E-state index is 0.306. The van der Waals surface area contributed by atoms with Crippen molar-refractivity contribution in [1.82, 2.24) is 9.97 Å². The Morgan fingerprint density at radius 3 is 3.06 bits per heavy atom. The SMILES string of the molecule is OCCC1CCN(c2ncnc3c2CCCC3)C1. The van der Waals surface area contributed by atoms with E-state index in [9.17, 15) is 0 Å². The average molecular weight is 247 g/mol. The molecule has 2 aliphatic rings. The van der Waals surface area contributed by atoms with Gasteiger partial charge < -0.3 is 10.0 Å². The van der Waals surface area contributed by atoms with Crippen LogP contribution in [-0.4, -0.2) is 34.8 Å². The van der Waals surface area contributed by atoms with Gasteiger partial charge in [-0.05, 0) is 44.4 Å². The molecule has 1 unspecified atom stereocenters. The van der Waals surface area contributed by atoms with Crippen molar-refractivity contribution in [2.75, 3.05) is 24.6 Å². The van der Waals surface area contributed by atoms with Gasteiger partial charge in [0.15, 0.2) is 0 Å². The predicted molar refractivity (Wildman–Crippen MR) is 70.7 cm³/mol. The highest BCUT2D eigenvalue weighted by atomic mass is 16.3. The first-order valence-electron chi connectivity index (χ1n) is 7.07. The normalized spacial score (nSPS) is 23.2. The van der Waals surface area contributed by atoms with Crippen LogP contribution in [0.4, 0.5) is 5.82 Å². The molecule has 0 bridgehead atoms. The quantitative estimate of drug-likeness (QED) is 0.880. The fraction of sp³-hybridized carbons (Fsp3) is 0.714. The van der Waals surface area contributed by atoms with Gasteiger partial charge in [-0.2, -0.15) is 0 Å². The van der Waals surface area contributed by atoms with Crippen molar-refractivity contribution >= 4 is 5.82 Å². The molecular formula is C14H21N3O. The first-order chi connectivity index (χ1) is 8.88. The standard InChI is InChI=1S/C14H21N3O/c18-8-6-11-5-7-17(9-11)14-12-3-1-2-4-13(12)15-10-16-14/h10-11,18H,1-9H2. The second-order valence-corrected chi connectivity index (χ2v) is 5.44. The number of aliphatic hydroxyl groups excluding tert-OH is 1. The van der Waals surface area contributed by atoms with E-state index in [1.54, 1.807) is 6.33 Å². The Hall–Kier alpha value is -1.16. The Kier molecular flexibility index (Phi) is 3.46. The molecule has 18 heavy (non-hydrogen) atoms. The zero-order valence-corrected chi connectivity index (χ0v) is 10.8. The highest BCUT2D eigenvalue weighted by Crippen LogP contribution is 2.31. The molecule has 1 aliphatic carbocycles. The second kappa shape index (κ2) is 5.22. The third kappa shape index (κ3) is 2.21. The van der Waals surface area contributed by atoms with Gasteiger partial charge in [0.05, 0.1) is 0 Å². The first-order valence-corrected chi connectivity index (χ1v) is 7.07. The molecule has 0 radical (unpaired) electrons. The van der Waals surface area contributed by atoms with E-state index in [0.717, 1.165) is 32.4 Å². The van der Waals surface area contributed by atoms with Crippen molar-refractivity contribution in [3.05, 3.63) is 17.6 Å². The van der Waals surface area contributed by atoms with E-state index in [1.807, 2.05) is 0 Å². The Morgan fingerprint density at radius 2 is 2.17 bits per heavy atom. The molecule has 0 amide bonds. The number of hydrogen-bond donors (Lipinski definition) is 1. The molecule has 2 heterocycles. The molecule has 1 aliphatic heterocycles. The van der Waals surface area contributed by atoms with E-state index in [4.69, 9.17) is 5.11 Å². The van der Waals surface area contributed by atoms with Crippen LogP contribution >= 0.6 is 0 Å². The fourth-order valence-electron chi connectivity index (χ4n) is 3.22. The molecule has 1 fully saturated rings. The molecule has 0 saturated carbocycles. The number of fused-ring (bicyclic) bond motifs is 1.